The second-order valence-corrected chi connectivity index (χ2v) is 4.36. The minimum Gasteiger partial charge on any atom is -0.459 e. The van der Waals surface area contributed by atoms with Crippen LogP contribution in [0.1, 0.15) is 33.1 Å². The molecule has 0 aliphatic carbocycles. The number of carbonyl (C=O) groups excluding carboxylic acids is 1. The van der Waals surface area contributed by atoms with Crippen LogP contribution in [0.4, 0.5) is 0 Å². The lowest BCUT2D eigenvalue weighted by Crippen LogP contribution is -2.37. The van der Waals surface area contributed by atoms with E-state index in [1.54, 1.807) is 13.2 Å². The minimum absolute atomic E-state index is 0.0423. The quantitative estimate of drug-likeness (QED) is 0.441. The number of rotatable bonds is 3. The molecule has 5 heteroatoms. The van der Waals surface area contributed by atoms with Gasteiger partial charge < -0.3 is 19.7 Å². The summed E-state index contributed by atoms with van der Waals surface area (Å²) in [5, 5.41) is 16.2. The van der Waals surface area contributed by atoms with Crippen molar-refractivity contribution in [2.45, 2.75) is 51.1 Å². The van der Waals surface area contributed by atoms with Crippen LogP contribution in [0.5, 0.6) is 0 Å². The predicted molar refractivity (Wildman–Crippen MR) is 63.2 cm³/mol. The maximum Gasteiger partial charge on any atom is 0.306 e. The van der Waals surface area contributed by atoms with Crippen molar-refractivity contribution in [1.29, 1.82) is 0 Å². The van der Waals surface area contributed by atoms with Crippen molar-refractivity contribution >= 4 is 5.97 Å². The normalized spacial score (nSPS) is 24.4. The van der Waals surface area contributed by atoms with Gasteiger partial charge in [-0.3, -0.25) is 4.79 Å². The molecule has 100 valence electrons. The van der Waals surface area contributed by atoms with Gasteiger partial charge in [0.15, 0.2) is 5.79 Å². The molecule has 0 aromatic rings. The first-order valence-corrected chi connectivity index (χ1v) is 5.55. The van der Waals surface area contributed by atoms with Crippen molar-refractivity contribution in [3.05, 3.63) is 12.7 Å². The van der Waals surface area contributed by atoms with Crippen LogP contribution in [0.3, 0.4) is 0 Å². The Balaban J connectivity index is 0.000000437. The first-order valence-electron chi connectivity index (χ1n) is 5.55. The van der Waals surface area contributed by atoms with E-state index in [0.717, 1.165) is 6.42 Å². The lowest BCUT2D eigenvalue weighted by Gasteiger charge is -2.29. The highest BCUT2D eigenvalue weighted by Crippen LogP contribution is 2.20. The number of ether oxygens (including phenoxy) is 2. The molecule has 1 fully saturated rings. The molecular weight excluding hydrogens is 224 g/mol. The van der Waals surface area contributed by atoms with Crippen molar-refractivity contribution in [2.24, 2.45) is 0 Å². The Hall–Kier alpha value is -0.910. The van der Waals surface area contributed by atoms with Crippen molar-refractivity contribution < 1.29 is 24.5 Å². The maximum atomic E-state index is 10.9. The van der Waals surface area contributed by atoms with Crippen LogP contribution < -0.4 is 0 Å². The van der Waals surface area contributed by atoms with Gasteiger partial charge >= 0.3 is 5.97 Å². The van der Waals surface area contributed by atoms with E-state index in [1.165, 1.54) is 13.8 Å². The molecule has 1 saturated heterocycles. The SMILES string of the molecule is C=CCC1OC(=O)CCC1OC.CC(C)(O)O. The number of hydrogen-bond acceptors (Lipinski definition) is 5. The molecular formula is C12H22O5. The molecule has 1 rings (SSSR count). The minimum atomic E-state index is -1.50. The Morgan fingerprint density at radius 2 is 2.12 bits per heavy atom. The monoisotopic (exact) mass is 246 g/mol. The molecule has 2 unspecified atom stereocenters. The molecule has 0 saturated carbocycles. The fourth-order valence-electron chi connectivity index (χ4n) is 1.38. The number of esters is 1. The fourth-order valence-corrected chi connectivity index (χ4v) is 1.38. The number of methoxy groups -OCH3 is 1. The summed E-state index contributed by atoms with van der Waals surface area (Å²) >= 11 is 0. The zero-order valence-corrected chi connectivity index (χ0v) is 10.7. The molecule has 0 bridgehead atoms. The van der Waals surface area contributed by atoms with Gasteiger partial charge in [0.1, 0.15) is 6.10 Å². The molecule has 1 aliphatic heterocycles. The molecule has 2 N–H and O–H groups in total. The Labute approximate surface area is 102 Å². The average molecular weight is 246 g/mol. The smallest absolute Gasteiger partial charge is 0.306 e. The van der Waals surface area contributed by atoms with Crippen LogP contribution >= 0.6 is 0 Å². The molecule has 0 amide bonds. The van der Waals surface area contributed by atoms with Crippen molar-refractivity contribution in [2.75, 3.05) is 7.11 Å². The van der Waals surface area contributed by atoms with Gasteiger partial charge in [0.05, 0.1) is 6.10 Å². The molecule has 5 nitrogen and oxygen atoms in total. The van der Waals surface area contributed by atoms with Crippen molar-refractivity contribution in [3.8, 4) is 0 Å². The summed E-state index contributed by atoms with van der Waals surface area (Å²) in [6, 6.07) is 0. The van der Waals surface area contributed by atoms with Crippen LogP contribution in [0.25, 0.3) is 0 Å². The molecule has 0 aromatic carbocycles. The molecule has 0 radical (unpaired) electrons. The van der Waals surface area contributed by atoms with E-state index in [9.17, 15) is 4.79 Å². The number of hydrogen-bond donors (Lipinski definition) is 2. The lowest BCUT2D eigenvalue weighted by molar-refractivity contribution is -0.165. The third-order valence-corrected chi connectivity index (χ3v) is 2.03. The number of cyclic esters (lactones) is 1. The van der Waals surface area contributed by atoms with Crippen LogP contribution in [0.2, 0.25) is 0 Å². The predicted octanol–water partition coefficient (Wildman–Crippen LogP) is 0.990. The van der Waals surface area contributed by atoms with Gasteiger partial charge in [-0.15, -0.1) is 6.58 Å². The second kappa shape index (κ2) is 7.42. The summed E-state index contributed by atoms with van der Waals surface area (Å²) in [5.74, 6) is -1.63. The van der Waals surface area contributed by atoms with E-state index in [2.05, 4.69) is 6.58 Å². The third-order valence-electron chi connectivity index (χ3n) is 2.03. The number of carbonyl (C=O) groups is 1. The summed E-state index contributed by atoms with van der Waals surface area (Å²) in [5.41, 5.74) is 0. The largest absolute Gasteiger partial charge is 0.459 e. The topological polar surface area (TPSA) is 76.0 Å². The van der Waals surface area contributed by atoms with Gasteiger partial charge in [0.25, 0.3) is 0 Å². The van der Waals surface area contributed by atoms with Gasteiger partial charge in [-0.1, -0.05) is 6.08 Å². The second-order valence-electron chi connectivity index (χ2n) is 4.36. The first kappa shape index (κ1) is 16.1. The zero-order chi connectivity index (χ0) is 13.5. The third kappa shape index (κ3) is 8.85. The molecule has 1 heterocycles. The zero-order valence-electron chi connectivity index (χ0n) is 10.7. The van der Waals surface area contributed by atoms with Crippen molar-refractivity contribution in [1.82, 2.24) is 0 Å². The molecule has 0 spiro atoms. The summed E-state index contributed by atoms with van der Waals surface area (Å²) in [6.07, 6.45) is 3.55. The van der Waals surface area contributed by atoms with E-state index < -0.39 is 5.79 Å². The van der Waals surface area contributed by atoms with Crippen LogP contribution in [-0.2, 0) is 14.3 Å². The van der Waals surface area contributed by atoms with Gasteiger partial charge in [0.2, 0.25) is 0 Å². The highest BCUT2D eigenvalue weighted by atomic mass is 16.6. The highest BCUT2D eigenvalue weighted by Gasteiger charge is 2.29. The summed E-state index contributed by atoms with van der Waals surface area (Å²) < 4.78 is 10.3. The van der Waals surface area contributed by atoms with E-state index in [0.29, 0.717) is 12.8 Å². The van der Waals surface area contributed by atoms with E-state index in [-0.39, 0.29) is 18.2 Å². The van der Waals surface area contributed by atoms with Gasteiger partial charge in [-0.2, -0.15) is 0 Å². The summed E-state index contributed by atoms with van der Waals surface area (Å²) in [4.78, 5) is 10.9. The van der Waals surface area contributed by atoms with E-state index in [4.69, 9.17) is 19.7 Å². The molecule has 1 aliphatic rings. The van der Waals surface area contributed by atoms with Crippen LogP contribution in [0, 0.1) is 0 Å². The van der Waals surface area contributed by atoms with E-state index in [1.807, 2.05) is 0 Å². The molecule has 17 heavy (non-hydrogen) atoms. The lowest BCUT2D eigenvalue weighted by atomic mass is 10.0. The highest BCUT2D eigenvalue weighted by molar-refractivity contribution is 5.70. The van der Waals surface area contributed by atoms with Gasteiger partial charge in [-0.25, -0.2) is 0 Å². The van der Waals surface area contributed by atoms with E-state index >= 15 is 0 Å². The Kier molecular flexibility index (Phi) is 7.03. The maximum absolute atomic E-state index is 10.9. The Bertz CT molecular complexity index is 238. The van der Waals surface area contributed by atoms with Gasteiger partial charge in [0, 0.05) is 20.0 Å². The molecule has 2 atom stereocenters. The van der Waals surface area contributed by atoms with Crippen molar-refractivity contribution in [3.63, 3.8) is 0 Å². The van der Waals surface area contributed by atoms with Crippen LogP contribution in [-0.4, -0.2) is 41.3 Å². The van der Waals surface area contributed by atoms with Gasteiger partial charge in [-0.05, 0) is 20.3 Å². The average Bonchev–Trinajstić information content (AvgIpc) is 2.16. The Morgan fingerprint density at radius 3 is 2.53 bits per heavy atom. The molecule has 0 aromatic heterocycles. The number of aliphatic hydroxyl groups is 2. The summed E-state index contributed by atoms with van der Waals surface area (Å²) in [7, 11) is 1.64. The Morgan fingerprint density at radius 1 is 1.59 bits per heavy atom. The van der Waals surface area contributed by atoms with Crippen LogP contribution in [0.15, 0.2) is 12.7 Å². The summed E-state index contributed by atoms with van der Waals surface area (Å²) in [6.45, 7) is 6.20. The first-order chi connectivity index (χ1) is 7.77. The standard InChI is InChI=1S/C9H14O3.C3H8O2/c1-3-4-8-7(11-2)5-6-9(10)12-8;1-3(2,4)5/h3,7-8H,1,4-6H2,2H3;4-5H,1-2H3. The fraction of sp³-hybridized carbons (Fsp3) is 0.750.